The molecule has 2 rings (SSSR count). The zero-order valence-electron chi connectivity index (χ0n) is 14.5. The van der Waals surface area contributed by atoms with Gasteiger partial charge in [-0.25, -0.2) is 13.2 Å². The van der Waals surface area contributed by atoms with Gasteiger partial charge < -0.3 is 10.6 Å². The van der Waals surface area contributed by atoms with Crippen LogP contribution in [0.1, 0.15) is 18.4 Å². The van der Waals surface area contributed by atoms with Gasteiger partial charge in [0.2, 0.25) is 5.97 Å². The fourth-order valence-electron chi connectivity index (χ4n) is 2.52. The SMILES string of the molecule is C=C(CN(C(=O)C(C(F)=NC)=C(N)C(F)F)C1CC1)c1ccc(F)cc1Cl. The van der Waals surface area contributed by atoms with Gasteiger partial charge in [0.25, 0.3) is 12.3 Å². The number of nitrogens with two attached hydrogens (primary N) is 1. The Morgan fingerprint density at radius 3 is 2.56 bits per heavy atom. The third kappa shape index (κ3) is 4.88. The van der Waals surface area contributed by atoms with Gasteiger partial charge in [0.1, 0.15) is 11.4 Å². The molecule has 1 aliphatic rings. The molecular formula is C18H18ClF4N3O. The van der Waals surface area contributed by atoms with Crippen LogP contribution in [0.3, 0.4) is 0 Å². The van der Waals surface area contributed by atoms with E-state index in [9.17, 15) is 22.4 Å². The largest absolute Gasteiger partial charge is 0.397 e. The van der Waals surface area contributed by atoms with E-state index in [2.05, 4.69) is 11.6 Å². The second-order valence-electron chi connectivity index (χ2n) is 6.04. The Morgan fingerprint density at radius 1 is 1.44 bits per heavy atom. The molecular weight excluding hydrogens is 386 g/mol. The summed E-state index contributed by atoms with van der Waals surface area (Å²) in [5.74, 6) is -2.91. The number of amides is 1. The molecule has 1 saturated carbocycles. The van der Waals surface area contributed by atoms with Crippen molar-refractivity contribution in [3.05, 3.63) is 52.5 Å². The van der Waals surface area contributed by atoms with Gasteiger partial charge in [-0.3, -0.25) is 9.79 Å². The molecule has 0 bridgehead atoms. The number of hydrogen-bond acceptors (Lipinski definition) is 3. The van der Waals surface area contributed by atoms with Crippen molar-refractivity contribution in [2.45, 2.75) is 25.3 Å². The first-order chi connectivity index (χ1) is 12.7. The quantitative estimate of drug-likeness (QED) is 0.425. The van der Waals surface area contributed by atoms with Crippen LogP contribution < -0.4 is 5.73 Å². The normalized spacial score (nSPS) is 15.6. The summed E-state index contributed by atoms with van der Waals surface area (Å²) in [5, 5.41) is 0.0901. The lowest BCUT2D eigenvalue weighted by molar-refractivity contribution is -0.126. The Hall–Kier alpha value is -2.35. The maximum Gasteiger partial charge on any atom is 0.278 e. The first kappa shape index (κ1) is 21.0. The highest BCUT2D eigenvalue weighted by atomic mass is 35.5. The minimum Gasteiger partial charge on any atom is -0.397 e. The van der Waals surface area contributed by atoms with E-state index in [1.54, 1.807) is 0 Å². The maximum absolute atomic E-state index is 14.0. The van der Waals surface area contributed by atoms with E-state index in [1.165, 1.54) is 17.0 Å². The van der Waals surface area contributed by atoms with Gasteiger partial charge in [-0.1, -0.05) is 24.2 Å². The highest BCUT2D eigenvalue weighted by Gasteiger charge is 2.37. The molecule has 27 heavy (non-hydrogen) atoms. The van der Waals surface area contributed by atoms with Gasteiger partial charge in [0.15, 0.2) is 0 Å². The Morgan fingerprint density at radius 2 is 2.07 bits per heavy atom. The number of carbonyl (C=O) groups excluding carboxylic acids is 1. The van der Waals surface area contributed by atoms with Crippen LogP contribution in [0, 0.1) is 5.82 Å². The molecule has 1 aromatic carbocycles. The van der Waals surface area contributed by atoms with Gasteiger partial charge in [-0.2, -0.15) is 4.39 Å². The molecule has 0 atom stereocenters. The van der Waals surface area contributed by atoms with Crippen molar-refractivity contribution in [1.82, 2.24) is 4.90 Å². The summed E-state index contributed by atoms with van der Waals surface area (Å²) in [6, 6.07) is 3.40. The van der Waals surface area contributed by atoms with Crippen molar-refractivity contribution in [1.29, 1.82) is 0 Å². The lowest BCUT2D eigenvalue weighted by Crippen LogP contribution is -2.38. The van der Waals surface area contributed by atoms with E-state index in [0.29, 0.717) is 24.0 Å². The van der Waals surface area contributed by atoms with Crippen molar-refractivity contribution in [2.75, 3.05) is 13.6 Å². The van der Waals surface area contributed by atoms with Crippen LogP contribution in [0.2, 0.25) is 5.02 Å². The lowest BCUT2D eigenvalue weighted by atomic mass is 10.1. The number of nitrogens with zero attached hydrogens (tertiary/aromatic N) is 2. The van der Waals surface area contributed by atoms with Crippen LogP contribution in [0.5, 0.6) is 0 Å². The second-order valence-corrected chi connectivity index (χ2v) is 6.44. The molecule has 1 fully saturated rings. The number of carbonyl (C=O) groups is 1. The summed E-state index contributed by atoms with van der Waals surface area (Å²) in [5.41, 5.74) is 3.86. The van der Waals surface area contributed by atoms with Gasteiger partial charge in [-0.05, 0) is 36.1 Å². The van der Waals surface area contributed by atoms with Gasteiger partial charge in [0, 0.05) is 19.6 Å². The Bertz CT molecular complexity index is 819. The van der Waals surface area contributed by atoms with Crippen molar-refractivity contribution in [3.8, 4) is 0 Å². The Kier molecular flexibility index (Phi) is 6.64. The molecule has 1 amide bonds. The molecule has 146 valence electrons. The van der Waals surface area contributed by atoms with Gasteiger partial charge >= 0.3 is 0 Å². The van der Waals surface area contributed by atoms with Crippen LogP contribution in [0.4, 0.5) is 17.6 Å². The molecule has 4 nitrogen and oxygen atoms in total. The molecule has 0 heterocycles. The van der Waals surface area contributed by atoms with Crippen LogP contribution >= 0.6 is 11.6 Å². The topological polar surface area (TPSA) is 58.7 Å². The van der Waals surface area contributed by atoms with E-state index in [0.717, 1.165) is 13.1 Å². The zero-order valence-corrected chi connectivity index (χ0v) is 15.2. The summed E-state index contributed by atoms with van der Waals surface area (Å²) < 4.78 is 53.2. The van der Waals surface area contributed by atoms with Crippen LogP contribution in [0.15, 0.2) is 41.0 Å². The minimum absolute atomic E-state index is 0.0901. The van der Waals surface area contributed by atoms with E-state index in [4.69, 9.17) is 17.3 Å². The first-order valence-corrected chi connectivity index (χ1v) is 8.39. The molecule has 0 aliphatic heterocycles. The Balaban J connectivity index is 2.35. The number of rotatable bonds is 7. The summed E-state index contributed by atoms with van der Waals surface area (Å²) in [6.45, 7) is 3.73. The smallest absolute Gasteiger partial charge is 0.278 e. The minimum atomic E-state index is -3.22. The molecule has 2 N–H and O–H groups in total. The van der Waals surface area contributed by atoms with E-state index in [1.807, 2.05) is 0 Å². The third-order valence-electron chi connectivity index (χ3n) is 4.06. The highest BCUT2D eigenvalue weighted by molar-refractivity contribution is 6.32. The number of aliphatic imine (C=N–C) groups is 1. The fraction of sp³-hybridized carbons (Fsp3) is 0.333. The van der Waals surface area contributed by atoms with E-state index >= 15 is 0 Å². The maximum atomic E-state index is 14.0. The fourth-order valence-corrected chi connectivity index (χ4v) is 2.82. The lowest BCUT2D eigenvalue weighted by Gasteiger charge is -2.25. The summed E-state index contributed by atoms with van der Waals surface area (Å²) in [6.07, 6.45) is -1.96. The van der Waals surface area contributed by atoms with Crippen LogP contribution in [-0.2, 0) is 4.79 Å². The molecule has 0 spiro atoms. The molecule has 1 aromatic rings. The standard InChI is InChI=1S/C18H18ClF4N3O/c1-9(12-6-3-10(20)7-13(12)19)8-26(11-4-5-11)18(27)14(17(23)25-2)15(24)16(21)22/h3,6-7,11,16H,1,4-5,8,24H2,2H3. The number of allylic oxidation sites excluding steroid dienone is 1. The summed E-state index contributed by atoms with van der Waals surface area (Å²) >= 11 is 6.00. The molecule has 0 aromatic heterocycles. The third-order valence-corrected chi connectivity index (χ3v) is 4.37. The second kappa shape index (κ2) is 8.56. The van der Waals surface area contributed by atoms with Crippen molar-refractivity contribution < 1.29 is 22.4 Å². The zero-order chi connectivity index (χ0) is 20.3. The number of halogens is 5. The average molecular weight is 404 g/mol. The van der Waals surface area contributed by atoms with Crippen LogP contribution in [-0.4, -0.2) is 42.8 Å². The van der Waals surface area contributed by atoms with E-state index < -0.39 is 35.4 Å². The van der Waals surface area contributed by atoms with Crippen LogP contribution in [0.25, 0.3) is 5.57 Å². The van der Waals surface area contributed by atoms with E-state index in [-0.39, 0.29) is 17.6 Å². The molecule has 0 saturated heterocycles. The molecule has 0 unspecified atom stereocenters. The number of benzene rings is 1. The molecule has 0 radical (unpaired) electrons. The van der Waals surface area contributed by atoms with Crippen molar-refractivity contribution in [2.24, 2.45) is 10.7 Å². The predicted octanol–water partition coefficient (Wildman–Crippen LogP) is 3.96. The van der Waals surface area contributed by atoms with Gasteiger partial charge in [0.05, 0.1) is 10.7 Å². The van der Waals surface area contributed by atoms with Gasteiger partial charge in [-0.15, -0.1) is 0 Å². The Labute approximate surface area is 159 Å². The summed E-state index contributed by atoms with van der Waals surface area (Å²) in [7, 11) is 1.03. The van der Waals surface area contributed by atoms with Crippen molar-refractivity contribution >= 4 is 29.0 Å². The summed E-state index contributed by atoms with van der Waals surface area (Å²) in [4.78, 5) is 17.2. The number of hydrogen-bond donors (Lipinski definition) is 1. The van der Waals surface area contributed by atoms with Crippen molar-refractivity contribution in [3.63, 3.8) is 0 Å². The first-order valence-electron chi connectivity index (χ1n) is 8.02. The molecule has 1 aliphatic carbocycles. The molecule has 9 heteroatoms. The predicted molar refractivity (Wildman–Crippen MR) is 96.9 cm³/mol. The number of alkyl halides is 2. The highest BCUT2D eigenvalue weighted by Crippen LogP contribution is 2.32. The monoisotopic (exact) mass is 403 g/mol. The average Bonchev–Trinajstić information content (AvgIpc) is 3.43.